The molecule has 1 heterocycles. The van der Waals surface area contributed by atoms with E-state index in [0.29, 0.717) is 16.4 Å². The number of rotatable bonds is 4. The number of amides is 1. The average Bonchev–Trinajstić information content (AvgIpc) is 2.90. The Hall–Kier alpha value is -2.74. The Labute approximate surface area is 155 Å². The van der Waals surface area contributed by atoms with E-state index in [4.69, 9.17) is 9.47 Å². The van der Waals surface area contributed by atoms with Gasteiger partial charge in [-0.2, -0.15) is 0 Å². The first kappa shape index (κ1) is 18.1. The van der Waals surface area contributed by atoms with Gasteiger partial charge in [0.05, 0.1) is 4.92 Å². The van der Waals surface area contributed by atoms with Gasteiger partial charge >= 0.3 is 6.09 Å². The van der Waals surface area contributed by atoms with E-state index in [9.17, 15) is 14.9 Å². The minimum absolute atomic E-state index is 0.000749. The number of fused-ring (bicyclic) bond motifs is 1. The summed E-state index contributed by atoms with van der Waals surface area (Å²) in [5.41, 5.74) is 0.676. The van der Waals surface area contributed by atoms with Gasteiger partial charge in [-0.1, -0.05) is 12.1 Å². The molecule has 3 rings (SSSR count). The summed E-state index contributed by atoms with van der Waals surface area (Å²) >= 11 is 1.12. The molecule has 0 bridgehead atoms. The molecule has 0 saturated heterocycles. The van der Waals surface area contributed by atoms with E-state index in [2.05, 4.69) is 0 Å². The number of non-ortho nitro benzene ring substituents is 1. The molecule has 8 heteroatoms. The summed E-state index contributed by atoms with van der Waals surface area (Å²) in [4.78, 5) is 23.3. The van der Waals surface area contributed by atoms with Crippen LogP contribution in [0.3, 0.4) is 0 Å². The predicted octanol–water partition coefficient (Wildman–Crippen LogP) is 4.45. The molecule has 1 aliphatic rings. The molecule has 0 N–H and O–H groups in total. The molecule has 0 saturated carbocycles. The number of ether oxygens (including phenoxy) is 2. The molecule has 2 aromatic carbocycles. The van der Waals surface area contributed by atoms with Gasteiger partial charge in [-0.05, 0) is 44.0 Å². The van der Waals surface area contributed by atoms with Gasteiger partial charge in [0.2, 0.25) is 0 Å². The van der Waals surface area contributed by atoms with Crippen molar-refractivity contribution in [3.05, 3.63) is 58.1 Å². The Bertz CT molecular complexity index is 851. The Balaban J connectivity index is 1.67. The molecule has 0 aromatic heterocycles. The van der Waals surface area contributed by atoms with Crippen molar-refractivity contribution in [3.63, 3.8) is 0 Å². The fraction of sp³-hybridized carbons (Fsp3) is 0.278. The summed E-state index contributed by atoms with van der Waals surface area (Å²) in [6.07, 6.45) is 0.191. The third kappa shape index (κ3) is 3.91. The third-order valence-corrected chi connectivity index (χ3v) is 4.71. The van der Waals surface area contributed by atoms with Gasteiger partial charge in [-0.3, -0.25) is 10.1 Å². The van der Waals surface area contributed by atoms with E-state index in [0.717, 1.165) is 23.9 Å². The van der Waals surface area contributed by atoms with Crippen LogP contribution in [0.15, 0.2) is 47.4 Å². The van der Waals surface area contributed by atoms with E-state index >= 15 is 0 Å². The van der Waals surface area contributed by atoms with Gasteiger partial charge in [-0.25, -0.2) is 9.10 Å². The predicted molar refractivity (Wildman–Crippen MR) is 97.6 cm³/mol. The number of benzene rings is 2. The van der Waals surface area contributed by atoms with Gasteiger partial charge in [0.15, 0.2) is 11.5 Å². The fourth-order valence-electron chi connectivity index (χ4n) is 2.65. The zero-order valence-electron chi connectivity index (χ0n) is 14.6. The molecule has 0 spiro atoms. The summed E-state index contributed by atoms with van der Waals surface area (Å²) in [5, 5.41) is 10.7. The van der Waals surface area contributed by atoms with Crippen LogP contribution < -0.4 is 9.47 Å². The maximum absolute atomic E-state index is 12.4. The third-order valence-electron chi connectivity index (χ3n) is 3.80. The molecule has 2 aromatic rings. The second-order valence-corrected chi connectivity index (χ2v) is 7.69. The van der Waals surface area contributed by atoms with Crippen LogP contribution in [0.5, 0.6) is 11.5 Å². The largest absolute Gasteiger partial charge is 0.483 e. The Morgan fingerprint density at radius 2 is 1.96 bits per heavy atom. The first-order valence-electron chi connectivity index (χ1n) is 7.94. The van der Waals surface area contributed by atoms with E-state index < -0.39 is 11.0 Å². The molecule has 0 fully saturated rings. The topological polar surface area (TPSA) is 81.9 Å². The smallest absolute Gasteiger partial charge is 0.425 e. The number of carbonyl (C=O) groups excluding carboxylic acids is 1. The number of nitro groups is 1. The van der Waals surface area contributed by atoms with Crippen LogP contribution >= 0.6 is 11.9 Å². The van der Waals surface area contributed by atoms with Crippen molar-refractivity contribution in [3.8, 4) is 11.5 Å². The highest BCUT2D eigenvalue weighted by Gasteiger charge is 2.33. The molecule has 136 valence electrons. The van der Waals surface area contributed by atoms with Crippen molar-refractivity contribution in [1.82, 2.24) is 4.31 Å². The lowest BCUT2D eigenvalue weighted by atomic mass is 10.0. The average molecular weight is 374 g/mol. The quantitative estimate of drug-likeness (QED) is 0.447. The van der Waals surface area contributed by atoms with Crippen molar-refractivity contribution in [2.24, 2.45) is 0 Å². The normalized spacial score (nSPS) is 14.3. The number of hydrogen-bond donors (Lipinski definition) is 0. The molecule has 1 aliphatic heterocycles. The van der Waals surface area contributed by atoms with Crippen LogP contribution in [0, 0.1) is 10.1 Å². The number of carbonyl (C=O) groups is 1. The molecular weight excluding hydrogens is 356 g/mol. The molecule has 7 nitrogen and oxygen atoms in total. The van der Waals surface area contributed by atoms with Crippen LogP contribution in [-0.4, -0.2) is 28.0 Å². The van der Waals surface area contributed by atoms with Crippen LogP contribution in [0.25, 0.3) is 0 Å². The summed E-state index contributed by atoms with van der Waals surface area (Å²) in [6, 6.07) is 11.4. The second kappa shape index (κ2) is 6.87. The summed E-state index contributed by atoms with van der Waals surface area (Å²) in [7, 11) is 1.57. The minimum atomic E-state index is -0.560. The van der Waals surface area contributed by atoms with E-state index in [1.807, 2.05) is 26.0 Å². The zero-order chi connectivity index (χ0) is 18.9. The SMILES string of the molecule is CN(Sc1ccc([N+](=O)[O-])cc1)C(=O)Oc1cccc2c1OC(C)(C)C2. The Kier molecular flexibility index (Phi) is 4.78. The van der Waals surface area contributed by atoms with Crippen LogP contribution in [0.1, 0.15) is 19.4 Å². The van der Waals surface area contributed by atoms with Gasteiger partial charge in [0, 0.05) is 36.1 Å². The maximum atomic E-state index is 12.4. The highest BCUT2D eigenvalue weighted by Crippen LogP contribution is 2.42. The van der Waals surface area contributed by atoms with Crippen molar-refractivity contribution in [1.29, 1.82) is 0 Å². The molecule has 1 amide bonds. The number of nitrogens with zero attached hydrogens (tertiary/aromatic N) is 2. The van der Waals surface area contributed by atoms with Gasteiger partial charge in [-0.15, -0.1) is 0 Å². The van der Waals surface area contributed by atoms with Gasteiger partial charge in [0.1, 0.15) is 5.60 Å². The van der Waals surface area contributed by atoms with E-state index in [-0.39, 0.29) is 11.3 Å². The lowest BCUT2D eigenvalue weighted by Crippen LogP contribution is -2.25. The fourth-order valence-corrected chi connectivity index (χ4v) is 3.34. The standard InChI is InChI=1S/C18H18N2O5S/c1-18(2)11-12-5-4-6-15(16(12)25-18)24-17(21)19(3)26-14-9-7-13(8-10-14)20(22)23/h4-10H,11H2,1-3H3. The molecule has 0 unspecified atom stereocenters. The summed E-state index contributed by atoms with van der Waals surface area (Å²) in [6.45, 7) is 3.96. The van der Waals surface area contributed by atoms with Crippen LogP contribution in [-0.2, 0) is 6.42 Å². The highest BCUT2D eigenvalue weighted by molar-refractivity contribution is 7.97. The molecule has 0 radical (unpaired) electrons. The summed E-state index contributed by atoms with van der Waals surface area (Å²) < 4.78 is 12.7. The summed E-state index contributed by atoms with van der Waals surface area (Å²) in [5.74, 6) is 0.980. The second-order valence-electron chi connectivity index (χ2n) is 6.49. The van der Waals surface area contributed by atoms with Gasteiger partial charge in [0.25, 0.3) is 5.69 Å². The highest BCUT2D eigenvalue weighted by atomic mass is 32.2. The molecular formula is C18H18N2O5S. The monoisotopic (exact) mass is 374 g/mol. The van der Waals surface area contributed by atoms with E-state index in [1.165, 1.54) is 16.4 Å². The molecule has 0 atom stereocenters. The minimum Gasteiger partial charge on any atom is -0.483 e. The lowest BCUT2D eigenvalue weighted by Gasteiger charge is -2.19. The first-order valence-corrected chi connectivity index (χ1v) is 8.71. The van der Waals surface area contributed by atoms with Crippen molar-refractivity contribution >= 4 is 23.7 Å². The molecule has 26 heavy (non-hydrogen) atoms. The van der Waals surface area contributed by atoms with Crippen molar-refractivity contribution < 1.29 is 19.2 Å². The van der Waals surface area contributed by atoms with Crippen molar-refractivity contribution in [2.75, 3.05) is 7.05 Å². The Morgan fingerprint density at radius 1 is 1.27 bits per heavy atom. The number of nitro benzene ring substituents is 1. The maximum Gasteiger partial charge on any atom is 0.425 e. The van der Waals surface area contributed by atoms with Crippen molar-refractivity contribution in [2.45, 2.75) is 30.8 Å². The first-order chi connectivity index (χ1) is 12.2. The number of para-hydroxylation sites is 1. The zero-order valence-corrected chi connectivity index (χ0v) is 15.4. The van der Waals surface area contributed by atoms with Crippen LogP contribution in [0.4, 0.5) is 10.5 Å². The Morgan fingerprint density at radius 3 is 2.62 bits per heavy atom. The van der Waals surface area contributed by atoms with Gasteiger partial charge < -0.3 is 9.47 Å². The number of hydrogen-bond acceptors (Lipinski definition) is 6. The van der Waals surface area contributed by atoms with E-state index in [1.54, 1.807) is 25.2 Å². The lowest BCUT2D eigenvalue weighted by molar-refractivity contribution is -0.384. The van der Waals surface area contributed by atoms with Crippen LogP contribution in [0.2, 0.25) is 0 Å². The molecule has 0 aliphatic carbocycles.